The van der Waals surface area contributed by atoms with Gasteiger partial charge in [0.15, 0.2) is 0 Å². The van der Waals surface area contributed by atoms with Crippen molar-refractivity contribution in [1.29, 1.82) is 0 Å². The minimum absolute atomic E-state index is 0.135. The van der Waals surface area contributed by atoms with Crippen molar-refractivity contribution in [3.05, 3.63) is 18.0 Å². The Hall–Kier alpha value is -1.50. The van der Waals surface area contributed by atoms with Crippen molar-refractivity contribution >= 4 is 11.4 Å². The van der Waals surface area contributed by atoms with Crippen molar-refractivity contribution < 1.29 is 18.3 Å². The molecule has 0 aromatic carbocycles. The van der Waals surface area contributed by atoms with Gasteiger partial charge in [-0.05, 0) is 37.7 Å². The third-order valence-electron chi connectivity index (χ3n) is 4.04. The standard InChI is InChI=1S/C14H20F3N3O/c1-9-2-4-13(21,5-3-9)8-20-11-6-12(14(15,16)17)19-7-10(11)18/h6-7,9,21H,2-5,8,18H2,1H3,(H,19,20). The molecule has 4 nitrogen and oxygen atoms in total. The highest BCUT2D eigenvalue weighted by molar-refractivity contribution is 5.65. The van der Waals surface area contributed by atoms with Gasteiger partial charge < -0.3 is 16.2 Å². The summed E-state index contributed by atoms with van der Waals surface area (Å²) in [6.07, 6.45) is -0.425. The molecule has 1 saturated carbocycles. The zero-order valence-corrected chi connectivity index (χ0v) is 11.9. The van der Waals surface area contributed by atoms with Gasteiger partial charge in [0, 0.05) is 6.54 Å². The minimum atomic E-state index is -4.51. The first-order valence-corrected chi connectivity index (χ1v) is 6.99. The number of nitrogens with two attached hydrogens (primary N) is 1. The number of nitrogen functional groups attached to an aromatic ring is 1. The van der Waals surface area contributed by atoms with E-state index in [2.05, 4.69) is 17.2 Å². The quantitative estimate of drug-likeness (QED) is 0.802. The number of alkyl halides is 3. The van der Waals surface area contributed by atoms with Crippen LogP contribution >= 0.6 is 0 Å². The fourth-order valence-corrected chi connectivity index (χ4v) is 2.51. The lowest BCUT2D eigenvalue weighted by atomic mass is 9.79. The highest BCUT2D eigenvalue weighted by Gasteiger charge is 2.34. The number of aromatic nitrogens is 1. The summed E-state index contributed by atoms with van der Waals surface area (Å²) in [6.45, 7) is 2.31. The summed E-state index contributed by atoms with van der Waals surface area (Å²) < 4.78 is 37.9. The molecule has 0 saturated heterocycles. The summed E-state index contributed by atoms with van der Waals surface area (Å²) in [7, 11) is 0. The van der Waals surface area contributed by atoms with E-state index in [1.165, 1.54) is 0 Å². The molecule has 1 aliphatic rings. The fraction of sp³-hybridized carbons (Fsp3) is 0.643. The van der Waals surface area contributed by atoms with Crippen LogP contribution in [0.5, 0.6) is 0 Å². The van der Waals surface area contributed by atoms with E-state index < -0.39 is 17.5 Å². The zero-order valence-electron chi connectivity index (χ0n) is 11.9. The molecule has 1 heterocycles. The second-order valence-electron chi connectivity index (χ2n) is 5.91. The van der Waals surface area contributed by atoms with Crippen LogP contribution in [0.1, 0.15) is 38.3 Å². The Kier molecular flexibility index (Phi) is 4.32. The first-order chi connectivity index (χ1) is 9.70. The average molecular weight is 303 g/mol. The molecule has 118 valence electrons. The number of hydrogen-bond acceptors (Lipinski definition) is 4. The van der Waals surface area contributed by atoms with Crippen LogP contribution in [0.3, 0.4) is 0 Å². The molecular formula is C14H20F3N3O. The smallest absolute Gasteiger partial charge is 0.396 e. The fourth-order valence-electron chi connectivity index (χ4n) is 2.51. The number of pyridine rings is 1. The van der Waals surface area contributed by atoms with Crippen LogP contribution in [0.25, 0.3) is 0 Å². The predicted molar refractivity (Wildman–Crippen MR) is 74.7 cm³/mol. The van der Waals surface area contributed by atoms with E-state index in [1.807, 2.05) is 0 Å². The number of rotatable bonds is 3. The Morgan fingerprint density at radius 3 is 2.62 bits per heavy atom. The van der Waals surface area contributed by atoms with Crippen LogP contribution in [0, 0.1) is 5.92 Å². The third-order valence-corrected chi connectivity index (χ3v) is 4.04. The van der Waals surface area contributed by atoms with Gasteiger partial charge in [-0.15, -0.1) is 0 Å². The van der Waals surface area contributed by atoms with Crippen LogP contribution < -0.4 is 11.1 Å². The van der Waals surface area contributed by atoms with Crippen molar-refractivity contribution in [2.75, 3.05) is 17.6 Å². The molecule has 4 N–H and O–H groups in total. The molecule has 0 amide bonds. The van der Waals surface area contributed by atoms with Gasteiger partial charge in [-0.2, -0.15) is 13.2 Å². The lowest BCUT2D eigenvalue weighted by molar-refractivity contribution is -0.141. The van der Waals surface area contributed by atoms with E-state index in [9.17, 15) is 18.3 Å². The third kappa shape index (κ3) is 4.00. The lowest BCUT2D eigenvalue weighted by Gasteiger charge is -2.35. The topological polar surface area (TPSA) is 71.2 Å². The van der Waals surface area contributed by atoms with Gasteiger partial charge in [0.1, 0.15) is 5.69 Å². The maximum atomic E-state index is 12.6. The summed E-state index contributed by atoms with van der Waals surface area (Å²) in [5, 5.41) is 13.3. The van der Waals surface area contributed by atoms with Gasteiger partial charge in [0.05, 0.1) is 23.2 Å². The molecule has 7 heteroatoms. The Morgan fingerprint density at radius 2 is 2.05 bits per heavy atom. The first kappa shape index (κ1) is 15.9. The Balaban J connectivity index is 2.06. The molecule has 1 fully saturated rings. The van der Waals surface area contributed by atoms with E-state index in [-0.39, 0.29) is 17.9 Å². The monoisotopic (exact) mass is 303 g/mol. The van der Waals surface area contributed by atoms with Crippen LogP contribution in [-0.2, 0) is 6.18 Å². The maximum absolute atomic E-state index is 12.6. The van der Waals surface area contributed by atoms with Crippen molar-refractivity contribution in [3.8, 4) is 0 Å². The van der Waals surface area contributed by atoms with Gasteiger partial charge in [-0.25, -0.2) is 4.98 Å². The SMILES string of the molecule is CC1CCC(O)(CNc2cc(C(F)(F)F)ncc2N)CC1. The van der Waals surface area contributed by atoms with Gasteiger partial charge >= 0.3 is 6.18 Å². The molecular weight excluding hydrogens is 283 g/mol. The molecule has 1 aliphatic carbocycles. The molecule has 0 atom stereocenters. The van der Waals surface area contributed by atoms with E-state index in [0.29, 0.717) is 18.8 Å². The highest BCUT2D eigenvalue weighted by atomic mass is 19.4. The summed E-state index contributed by atoms with van der Waals surface area (Å²) in [6, 6.07) is 0.879. The normalized spacial score (nSPS) is 26.6. The summed E-state index contributed by atoms with van der Waals surface area (Å²) in [5.41, 5.74) is 4.05. The first-order valence-electron chi connectivity index (χ1n) is 6.99. The van der Waals surface area contributed by atoms with Gasteiger partial charge in [0.25, 0.3) is 0 Å². The largest absolute Gasteiger partial charge is 0.433 e. The molecule has 0 spiro atoms. The second-order valence-corrected chi connectivity index (χ2v) is 5.91. The Bertz CT molecular complexity index is 497. The summed E-state index contributed by atoms with van der Waals surface area (Å²) in [4.78, 5) is 3.28. The van der Waals surface area contributed by atoms with Gasteiger partial charge in [-0.1, -0.05) is 6.92 Å². The second kappa shape index (κ2) is 5.71. The van der Waals surface area contributed by atoms with Crippen molar-refractivity contribution in [3.63, 3.8) is 0 Å². The number of aliphatic hydroxyl groups is 1. The van der Waals surface area contributed by atoms with E-state index in [1.54, 1.807) is 0 Å². The molecule has 21 heavy (non-hydrogen) atoms. The molecule has 0 radical (unpaired) electrons. The zero-order chi connectivity index (χ0) is 15.7. The Labute approximate surface area is 121 Å². The summed E-state index contributed by atoms with van der Waals surface area (Å²) >= 11 is 0. The van der Waals surface area contributed by atoms with Crippen LogP contribution in [-0.4, -0.2) is 22.2 Å². The number of halogens is 3. The van der Waals surface area contributed by atoms with Gasteiger partial charge in [-0.3, -0.25) is 0 Å². The molecule has 1 aromatic heterocycles. The molecule has 0 unspecified atom stereocenters. The van der Waals surface area contributed by atoms with Gasteiger partial charge in [0.2, 0.25) is 0 Å². The predicted octanol–water partition coefficient (Wildman–Crippen LogP) is 3.04. The van der Waals surface area contributed by atoms with Crippen molar-refractivity contribution in [1.82, 2.24) is 4.98 Å². The number of nitrogens with one attached hydrogen (secondary N) is 1. The average Bonchev–Trinajstić information content (AvgIpc) is 2.40. The Morgan fingerprint density at radius 1 is 1.43 bits per heavy atom. The van der Waals surface area contributed by atoms with E-state index in [0.717, 1.165) is 25.1 Å². The number of nitrogens with zero attached hydrogens (tertiary/aromatic N) is 1. The van der Waals surface area contributed by atoms with Crippen molar-refractivity contribution in [2.45, 2.75) is 44.4 Å². The number of hydrogen-bond donors (Lipinski definition) is 3. The van der Waals surface area contributed by atoms with Crippen LogP contribution in [0.15, 0.2) is 12.3 Å². The number of anilines is 2. The molecule has 2 rings (SSSR count). The molecule has 0 bridgehead atoms. The minimum Gasteiger partial charge on any atom is -0.396 e. The highest BCUT2D eigenvalue weighted by Crippen LogP contribution is 2.34. The molecule has 0 aliphatic heterocycles. The van der Waals surface area contributed by atoms with E-state index in [4.69, 9.17) is 5.73 Å². The molecule has 1 aromatic rings. The van der Waals surface area contributed by atoms with Crippen molar-refractivity contribution in [2.24, 2.45) is 5.92 Å². The lowest BCUT2D eigenvalue weighted by Crippen LogP contribution is -2.40. The van der Waals surface area contributed by atoms with E-state index >= 15 is 0 Å². The maximum Gasteiger partial charge on any atom is 0.433 e. The van der Waals surface area contributed by atoms with Crippen LogP contribution in [0.4, 0.5) is 24.5 Å². The summed E-state index contributed by atoms with van der Waals surface area (Å²) in [5.74, 6) is 0.577. The van der Waals surface area contributed by atoms with Crippen LogP contribution in [0.2, 0.25) is 0 Å².